The van der Waals surface area contributed by atoms with Crippen LogP contribution in [0.1, 0.15) is 39.9 Å². The molecular formula is C28H30N2O5. The fourth-order valence-electron chi connectivity index (χ4n) is 5.30. The molecule has 3 atom stereocenters. The molecule has 0 radical (unpaired) electrons. The number of benzene rings is 3. The molecule has 0 aromatic heterocycles. The summed E-state index contributed by atoms with van der Waals surface area (Å²) in [6.45, 7) is 3.04. The van der Waals surface area contributed by atoms with Crippen LogP contribution in [-0.2, 0) is 22.7 Å². The fraction of sp³-hybridized carbons (Fsp3) is 0.321. The van der Waals surface area contributed by atoms with E-state index in [0.29, 0.717) is 35.8 Å². The van der Waals surface area contributed by atoms with Gasteiger partial charge in [0.2, 0.25) is 5.91 Å². The minimum Gasteiger partial charge on any atom is -0.504 e. The average molecular weight is 475 g/mol. The van der Waals surface area contributed by atoms with Crippen LogP contribution in [0.25, 0.3) is 0 Å². The number of carbonyl (C=O) groups is 1. The van der Waals surface area contributed by atoms with Crippen molar-refractivity contribution in [2.75, 3.05) is 20.8 Å². The van der Waals surface area contributed by atoms with E-state index in [0.717, 1.165) is 16.7 Å². The van der Waals surface area contributed by atoms with Crippen molar-refractivity contribution in [2.24, 2.45) is 0 Å². The lowest BCUT2D eigenvalue weighted by Gasteiger charge is -2.53. The summed E-state index contributed by atoms with van der Waals surface area (Å²) in [5, 5.41) is 14.7. The van der Waals surface area contributed by atoms with Gasteiger partial charge in [0.05, 0.1) is 39.5 Å². The number of hydrogen-bond acceptors (Lipinski definition) is 6. The van der Waals surface area contributed by atoms with Gasteiger partial charge >= 0.3 is 0 Å². The number of fused-ring (bicyclic) bond motifs is 3. The maximum absolute atomic E-state index is 13.2. The number of methoxy groups -OCH3 is 2. The summed E-state index contributed by atoms with van der Waals surface area (Å²) < 4.78 is 17.4. The molecule has 3 aromatic carbocycles. The minimum atomic E-state index is -0.419. The molecule has 0 spiro atoms. The number of likely N-dealkylation sites (tertiary alicyclic amines) is 1. The van der Waals surface area contributed by atoms with Gasteiger partial charge < -0.3 is 24.2 Å². The van der Waals surface area contributed by atoms with E-state index in [4.69, 9.17) is 14.2 Å². The van der Waals surface area contributed by atoms with Crippen LogP contribution in [0.5, 0.6) is 17.2 Å². The number of β-lactam (4-membered cyclic amide) rings is 1. The van der Waals surface area contributed by atoms with Crippen LogP contribution in [0.2, 0.25) is 0 Å². The lowest BCUT2D eigenvalue weighted by Crippen LogP contribution is -2.67. The quantitative estimate of drug-likeness (QED) is 0.480. The summed E-state index contributed by atoms with van der Waals surface area (Å²) in [6, 6.07) is 18.7. The van der Waals surface area contributed by atoms with E-state index in [1.165, 1.54) is 7.11 Å². The molecule has 0 bridgehead atoms. The van der Waals surface area contributed by atoms with E-state index < -0.39 is 12.1 Å². The highest BCUT2D eigenvalue weighted by Gasteiger charge is 2.55. The standard InChI is InChI=1S/C28H30N2O5/c1-17-26(33-2)22-21(25(31)27(17)34-3)20(16-35-15-19-12-8-5-9-13-19)29-23-24(22)30(28(23)32)14-18-10-6-4-7-11-18/h4-13,20,23-24,29,31H,14-16H2,1-3H3/t20-,23+,24-/m1/s1. The summed E-state index contributed by atoms with van der Waals surface area (Å²) in [7, 11) is 3.14. The van der Waals surface area contributed by atoms with Crippen LogP contribution >= 0.6 is 0 Å². The lowest BCUT2D eigenvalue weighted by molar-refractivity contribution is -0.155. The Labute approximate surface area is 205 Å². The molecular weight excluding hydrogens is 444 g/mol. The molecule has 35 heavy (non-hydrogen) atoms. The number of amides is 1. The number of rotatable bonds is 8. The average Bonchev–Trinajstić information content (AvgIpc) is 2.88. The number of nitrogens with one attached hydrogen (secondary N) is 1. The highest BCUT2D eigenvalue weighted by atomic mass is 16.5. The van der Waals surface area contributed by atoms with Crippen LogP contribution in [0.3, 0.4) is 0 Å². The summed E-state index contributed by atoms with van der Waals surface area (Å²) in [5.74, 6) is 1.07. The molecule has 3 aromatic rings. The summed E-state index contributed by atoms with van der Waals surface area (Å²) in [4.78, 5) is 15.1. The Kier molecular flexibility index (Phi) is 6.36. The Bertz CT molecular complexity index is 1220. The van der Waals surface area contributed by atoms with Gasteiger partial charge in [-0.05, 0) is 18.1 Å². The van der Waals surface area contributed by atoms with Gasteiger partial charge in [0, 0.05) is 23.2 Å². The predicted molar refractivity (Wildman–Crippen MR) is 131 cm³/mol. The molecule has 7 nitrogen and oxygen atoms in total. The van der Waals surface area contributed by atoms with Gasteiger partial charge in [-0.25, -0.2) is 0 Å². The van der Waals surface area contributed by atoms with E-state index in [1.807, 2.05) is 72.5 Å². The zero-order valence-corrected chi connectivity index (χ0v) is 20.2. The Morgan fingerprint density at radius 2 is 1.54 bits per heavy atom. The van der Waals surface area contributed by atoms with Crippen molar-refractivity contribution in [3.8, 4) is 17.2 Å². The minimum absolute atomic E-state index is 0.0209. The van der Waals surface area contributed by atoms with Gasteiger partial charge in [-0.3, -0.25) is 10.1 Å². The van der Waals surface area contributed by atoms with Crippen LogP contribution in [0, 0.1) is 6.92 Å². The van der Waals surface area contributed by atoms with E-state index >= 15 is 0 Å². The molecule has 2 heterocycles. The highest BCUT2D eigenvalue weighted by molar-refractivity contribution is 5.91. The Morgan fingerprint density at radius 3 is 2.17 bits per heavy atom. The molecule has 7 heteroatoms. The molecule has 1 fully saturated rings. The predicted octanol–water partition coefficient (Wildman–Crippen LogP) is 4.03. The van der Waals surface area contributed by atoms with Crippen molar-refractivity contribution in [2.45, 2.75) is 38.2 Å². The third-order valence-electron chi connectivity index (χ3n) is 6.91. The third-order valence-corrected chi connectivity index (χ3v) is 6.91. The zero-order valence-electron chi connectivity index (χ0n) is 20.2. The van der Waals surface area contributed by atoms with Crippen molar-refractivity contribution in [3.05, 3.63) is 88.5 Å². The lowest BCUT2D eigenvalue weighted by atomic mass is 9.77. The first kappa shape index (κ1) is 23.2. The van der Waals surface area contributed by atoms with Crippen LogP contribution in [-0.4, -0.2) is 42.8 Å². The molecule has 0 saturated carbocycles. The van der Waals surface area contributed by atoms with Crippen molar-refractivity contribution >= 4 is 5.91 Å². The molecule has 5 rings (SSSR count). The molecule has 2 aliphatic heterocycles. The summed E-state index contributed by atoms with van der Waals surface area (Å²) in [5.41, 5.74) is 4.27. The Morgan fingerprint density at radius 1 is 0.914 bits per heavy atom. The summed E-state index contributed by atoms with van der Waals surface area (Å²) in [6.07, 6.45) is 0. The Hall–Kier alpha value is -3.55. The zero-order chi connectivity index (χ0) is 24.5. The van der Waals surface area contributed by atoms with E-state index in [1.54, 1.807) is 7.11 Å². The second-order valence-electron chi connectivity index (χ2n) is 8.96. The number of phenolic OH excluding ortho intramolecular Hbond substituents is 1. The molecule has 1 amide bonds. The van der Waals surface area contributed by atoms with Gasteiger partial charge in [-0.15, -0.1) is 0 Å². The SMILES string of the molecule is COc1c(C)c(OC)c2c(c1O)[C@@H](COCc1ccccc1)N[C@@H]1C(=O)N(Cc3ccccc3)[C@H]21. The smallest absolute Gasteiger partial charge is 0.243 e. The van der Waals surface area contributed by atoms with Gasteiger partial charge in [0.1, 0.15) is 11.8 Å². The first-order valence-electron chi connectivity index (χ1n) is 11.7. The van der Waals surface area contributed by atoms with Gasteiger partial charge in [0.15, 0.2) is 11.5 Å². The van der Waals surface area contributed by atoms with Gasteiger partial charge in [-0.2, -0.15) is 0 Å². The second kappa shape index (κ2) is 9.60. The third kappa shape index (κ3) is 4.00. The van der Waals surface area contributed by atoms with Crippen LogP contribution < -0.4 is 14.8 Å². The first-order valence-corrected chi connectivity index (χ1v) is 11.7. The number of hydrogen-bond donors (Lipinski definition) is 2. The normalized spacial score (nSPS) is 20.6. The monoisotopic (exact) mass is 474 g/mol. The topological polar surface area (TPSA) is 80.3 Å². The van der Waals surface area contributed by atoms with Crippen molar-refractivity contribution in [1.82, 2.24) is 10.2 Å². The maximum Gasteiger partial charge on any atom is 0.243 e. The maximum atomic E-state index is 13.2. The number of ether oxygens (including phenoxy) is 3. The van der Waals surface area contributed by atoms with E-state index in [9.17, 15) is 9.90 Å². The number of carbonyl (C=O) groups excluding carboxylic acids is 1. The van der Waals surface area contributed by atoms with Crippen molar-refractivity contribution < 1.29 is 24.1 Å². The van der Waals surface area contributed by atoms with Gasteiger partial charge in [0.25, 0.3) is 0 Å². The molecule has 0 aliphatic carbocycles. The Balaban J connectivity index is 1.52. The van der Waals surface area contributed by atoms with E-state index in [2.05, 4.69) is 5.32 Å². The highest BCUT2D eigenvalue weighted by Crippen LogP contribution is 2.54. The molecule has 182 valence electrons. The number of phenols is 1. The number of nitrogens with zero attached hydrogens (tertiary/aromatic N) is 1. The summed E-state index contributed by atoms with van der Waals surface area (Å²) >= 11 is 0. The van der Waals surface area contributed by atoms with Gasteiger partial charge in [-0.1, -0.05) is 60.7 Å². The van der Waals surface area contributed by atoms with Crippen LogP contribution in [0.15, 0.2) is 60.7 Å². The molecule has 2 N–H and O–H groups in total. The molecule has 0 unspecified atom stereocenters. The number of aromatic hydroxyl groups is 1. The molecule has 2 aliphatic rings. The van der Waals surface area contributed by atoms with Crippen molar-refractivity contribution in [3.63, 3.8) is 0 Å². The first-order chi connectivity index (χ1) is 17.0. The second-order valence-corrected chi connectivity index (χ2v) is 8.96. The van der Waals surface area contributed by atoms with Crippen LogP contribution in [0.4, 0.5) is 0 Å². The van der Waals surface area contributed by atoms with Crippen molar-refractivity contribution in [1.29, 1.82) is 0 Å². The van der Waals surface area contributed by atoms with E-state index in [-0.39, 0.29) is 24.3 Å². The molecule has 1 saturated heterocycles. The fourth-order valence-corrected chi connectivity index (χ4v) is 5.30. The largest absolute Gasteiger partial charge is 0.504 e.